The summed E-state index contributed by atoms with van der Waals surface area (Å²) in [6.07, 6.45) is 1.45. The number of nitro benzene ring substituents is 1. The van der Waals surface area contributed by atoms with Crippen molar-refractivity contribution in [3.63, 3.8) is 0 Å². The molecule has 4 rings (SSSR count). The van der Waals surface area contributed by atoms with E-state index in [2.05, 4.69) is 23.0 Å². The molecule has 0 saturated heterocycles. The Morgan fingerprint density at radius 1 is 1.10 bits per heavy atom. The topological polar surface area (TPSA) is 115 Å². The monoisotopic (exact) mass is 388 g/mol. The molecule has 2 heterocycles. The number of non-ortho nitro benzene ring substituents is 1. The first-order valence-electron chi connectivity index (χ1n) is 9.47. The number of H-pyrrole nitrogens is 1. The Balaban J connectivity index is 2.15. The molecule has 1 amide bonds. The Hall–Kier alpha value is -3.74. The maximum absolute atomic E-state index is 12.2. The Labute approximate surface area is 166 Å². The van der Waals surface area contributed by atoms with Gasteiger partial charge < -0.3 is 10.7 Å². The van der Waals surface area contributed by atoms with Gasteiger partial charge >= 0.3 is 0 Å². The summed E-state index contributed by atoms with van der Waals surface area (Å²) in [4.78, 5) is 30.8. The normalized spacial score (nSPS) is 11.2. The van der Waals surface area contributed by atoms with Gasteiger partial charge in [0.2, 0.25) is 0 Å². The molecule has 2 aromatic heterocycles. The van der Waals surface area contributed by atoms with Crippen LogP contribution >= 0.6 is 0 Å². The van der Waals surface area contributed by atoms with E-state index in [1.165, 1.54) is 17.7 Å². The zero-order chi connectivity index (χ0) is 20.7. The summed E-state index contributed by atoms with van der Waals surface area (Å²) >= 11 is 0. The highest BCUT2D eigenvalue weighted by molar-refractivity contribution is 6.16. The number of nitro groups is 1. The highest BCUT2D eigenvalue weighted by Crippen LogP contribution is 2.38. The standard InChI is InChI=1S/C22H20N4O3/c1-3-12-6-5-7-16-17(12)18-15(4-2)20(22(23)27)25-19(21(18)24-16)13-8-10-14(11-9-13)26(28)29/h5-11,24H,3-4H2,1-2H3,(H2,23,27). The van der Waals surface area contributed by atoms with Crippen molar-refractivity contribution in [2.45, 2.75) is 26.7 Å². The van der Waals surface area contributed by atoms with Crippen LogP contribution < -0.4 is 5.73 Å². The van der Waals surface area contributed by atoms with Gasteiger partial charge in [0.15, 0.2) is 0 Å². The minimum Gasteiger partial charge on any atom is -0.364 e. The van der Waals surface area contributed by atoms with Gasteiger partial charge in [-0.25, -0.2) is 4.98 Å². The molecule has 3 N–H and O–H groups in total. The molecule has 0 saturated carbocycles. The molecule has 2 aromatic carbocycles. The maximum Gasteiger partial charge on any atom is 0.269 e. The zero-order valence-corrected chi connectivity index (χ0v) is 16.2. The molecule has 0 aliphatic rings. The number of pyridine rings is 1. The number of amides is 1. The summed E-state index contributed by atoms with van der Waals surface area (Å²) in [6, 6.07) is 12.2. The molecule has 7 nitrogen and oxygen atoms in total. The number of nitrogens with two attached hydrogens (primary N) is 1. The Bertz CT molecular complexity index is 1270. The van der Waals surface area contributed by atoms with E-state index in [4.69, 9.17) is 5.73 Å². The number of aromatic amines is 1. The minimum atomic E-state index is -0.588. The van der Waals surface area contributed by atoms with Gasteiger partial charge in [-0.05, 0) is 42.2 Å². The number of hydrogen-bond donors (Lipinski definition) is 2. The number of hydrogen-bond acceptors (Lipinski definition) is 4. The summed E-state index contributed by atoms with van der Waals surface area (Å²) < 4.78 is 0. The lowest BCUT2D eigenvalue weighted by Crippen LogP contribution is -2.16. The zero-order valence-electron chi connectivity index (χ0n) is 16.2. The molecule has 0 spiro atoms. The minimum absolute atomic E-state index is 0.00443. The Kier molecular flexibility index (Phi) is 4.50. The van der Waals surface area contributed by atoms with Crippen molar-refractivity contribution in [1.82, 2.24) is 9.97 Å². The Morgan fingerprint density at radius 2 is 1.83 bits per heavy atom. The highest BCUT2D eigenvalue weighted by Gasteiger charge is 2.22. The van der Waals surface area contributed by atoms with Crippen LogP contribution in [0.4, 0.5) is 5.69 Å². The molecule has 0 atom stereocenters. The second-order valence-electron chi connectivity index (χ2n) is 6.88. The number of carbonyl (C=O) groups is 1. The fourth-order valence-corrected chi connectivity index (χ4v) is 3.95. The van der Waals surface area contributed by atoms with Crippen LogP contribution in [0.1, 0.15) is 35.5 Å². The number of aryl methyl sites for hydroxylation is 2. The van der Waals surface area contributed by atoms with Crippen LogP contribution in [0.25, 0.3) is 33.1 Å². The third-order valence-electron chi connectivity index (χ3n) is 5.28. The fourth-order valence-electron chi connectivity index (χ4n) is 3.95. The number of nitrogens with one attached hydrogen (secondary N) is 1. The van der Waals surface area contributed by atoms with Gasteiger partial charge in [-0.3, -0.25) is 14.9 Å². The van der Waals surface area contributed by atoms with E-state index < -0.39 is 10.8 Å². The van der Waals surface area contributed by atoms with Gasteiger partial charge in [-0.2, -0.15) is 0 Å². The first kappa shape index (κ1) is 18.6. The van der Waals surface area contributed by atoms with Crippen molar-refractivity contribution < 1.29 is 9.72 Å². The van der Waals surface area contributed by atoms with Crippen LogP contribution in [0.3, 0.4) is 0 Å². The first-order valence-corrected chi connectivity index (χ1v) is 9.47. The van der Waals surface area contributed by atoms with E-state index in [0.29, 0.717) is 17.7 Å². The molecule has 0 radical (unpaired) electrons. The van der Waals surface area contributed by atoms with Crippen LogP contribution in [0.15, 0.2) is 42.5 Å². The number of primary amides is 1. The molecule has 7 heteroatoms. The number of rotatable bonds is 5. The summed E-state index contributed by atoms with van der Waals surface area (Å²) in [5, 5.41) is 13.0. The summed E-state index contributed by atoms with van der Waals surface area (Å²) in [5.41, 5.74) is 10.9. The molecular weight excluding hydrogens is 368 g/mol. The van der Waals surface area contributed by atoms with E-state index in [0.717, 1.165) is 33.8 Å². The smallest absolute Gasteiger partial charge is 0.269 e. The Morgan fingerprint density at radius 3 is 2.41 bits per heavy atom. The molecule has 4 aromatic rings. The summed E-state index contributed by atoms with van der Waals surface area (Å²) in [6.45, 7) is 4.06. The number of aromatic nitrogens is 2. The maximum atomic E-state index is 12.2. The quantitative estimate of drug-likeness (QED) is 0.386. The van der Waals surface area contributed by atoms with E-state index in [1.807, 2.05) is 19.1 Å². The molecule has 0 unspecified atom stereocenters. The van der Waals surface area contributed by atoms with E-state index in [-0.39, 0.29) is 11.4 Å². The van der Waals surface area contributed by atoms with E-state index in [9.17, 15) is 14.9 Å². The second kappa shape index (κ2) is 7.01. The predicted molar refractivity (Wildman–Crippen MR) is 113 cm³/mol. The van der Waals surface area contributed by atoms with Crippen molar-refractivity contribution in [2.24, 2.45) is 5.73 Å². The number of benzene rings is 2. The third kappa shape index (κ3) is 2.91. The van der Waals surface area contributed by atoms with Crippen LogP contribution in [-0.4, -0.2) is 20.8 Å². The number of carbonyl (C=O) groups excluding carboxylic acids is 1. The predicted octanol–water partition coefficient (Wildman–Crippen LogP) is 4.52. The largest absolute Gasteiger partial charge is 0.364 e. The molecule has 146 valence electrons. The third-order valence-corrected chi connectivity index (χ3v) is 5.28. The van der Waals surface area contributed by atoms with Gasteiger partial charge in [-0.15, -0.1) is 0 Å². The lowest BCUT2D eigenvalue weighted by Gasteiger charge is -2.12. The summed E-state index contributed by atoms with van der Waals surface area (Å²) in [7, 11) is 0. The lowest BCUT2D eigenvalue weighted by atomic mass is 9.96. The number of nitrogens with zero attached hydrogens (tertiary/aromatic N) is 2. The molecule has 29 heavy (non-hydrogen) atoms. The average Bonchev–Trinajstić information content (AvgIpc) is 3.12. The lowest BCUT2D eigenvalue weighted by molar-refractivity contribution is -0.384. The van der Waals surface area contributed by atoms with Crippen LogP contribution in [0.5, 0.6) is 0 Å². The SMILES string of the molecule is CCc1cccc2[nH]c3c(-c4ccc([N+](=O)[O-])cc4)nc(C(N)=O)c(CC)c3c12. The van der Waals surface area contributed by atoms with Crippen molar-refractivity contribution in [1.29, 1.82) is 0 Å². The van der Waals surface area contributed by atoms with Crippen molar-refractivity contribution in [3.05, 3.63) is 69.4 Å². The van der Waals surface area contributed by atoms with Crippen LogP contribution in [-0.2, 0) is 12.8 Å². The molecule has 0 aliphatic heterocycles. The first-order chi connectivity index (χ1) is 14.0. The fraction of sp³-hybridized carbons (Fsp3) is 0.182. The molecule has 0 bridgehead atoms. The van der Waals surface area contributed by atoms with Gasteiger partial charge in [-0.1, -0.05) is 26.0 Å². The van der Waals surface area contributed by atoms with E-state index >= 15 is 0 Å². The van der Waals surface area contributed by atoms with Gasteiger partial charge in [0.05, 0.1) is 16.1 Å². The average molecular weight is 388 g/mol. The highest BCUT2D eigenvalue weighted by atomic mass is 16.6. The van der Waals surface area contributed by atoms with E-state index in [1.54, 1.807) is 12.1 Å². The van der Waals surface area contributed by atoms with Crippen molar-refractivity contribution in [2.75, 3.05) is 0 Å². The van der Waals surface area contributed by atoms with Crippen molar-refractivity contribution >= 4 is 33.4 Å². The molecule has 0 fully saturated rings. The van der Waals surface area contributed by atoms with Crippen molar-refractivity contribution in [3.8, 4) is 11.3 Å². The van der Waals surface area contributed by atoms with Crippen LogP contribution in [0, 0.1) is 10.1 Å². The molecular formula is C22H20N4O3. The summed E-state index contributed by atoms with van der Waals surface area (Å²) in [5.74, 6) is -0.588. The molecule has 0 aliphatic carbocycles. The van der Waals surface area contributed by atoms with Gasteiger partial charge in [0.1, 0.15) is 5.69 Å². The van der Waals surface area contributed by atoms with Crippen LogP contribution in [0.2, 0.25) is 0 Å². The second-order valence-corrected chi connectivity index (χ2v) is 6.88. The number of fused-ring (bicyclic) bond motifs is 3. The van der Waals surface area contributed by atoms with Gasteiger partial charge in [0, 0.05) is 34.0 Å². The van der Waals surface area contributed by atoms with Gasteiger partial charge in [0.25, 0.3) is 11.6 Å².